The molecule has 114 valence electrons. The molecule has 0 fully saturated rings. The Morgan fingerprint density at radius 1 is 1.20 bits per heavy atom. The van der Waals surface area contributed by atoms with E-state index in [9.17, 15) is 14.7 Å². The SMILES string of the molecule is CCC(CC)C(O)CNC(=O)C1CC=CCC1C(=O)O. The summed E-state index contributed by atoms with van der Waals surface area (Å²) in [6.07, 6.45) is 5.64. The lowest BCUT2D eigenvalue weighted by Crippen LogP contribution is -2.43. The number of amides is 1. The lowest BCUT2D eigenvalue weighted by Gasteiger charge is -2.26. The van der Waals surface area contributed by atoms with Gasteiger partial charge >= 0.3 is 5.97 Å². The summed E-state index contributed by atoms with van der Waals surface area (Å²) in [6.45, 7) is 4.20. The minimum atomic E-state index is -0.935. The van der Waals surface area contributed by atoms with Crippen LogP contribution in [0.5, 0.6) is 0 Å². The fraction of sp³-hybridized carbons (Fsp3) is 0.733. The summed E-state index contributed by atoms with van der Waals surface area (Å²) >= 11 is 0. The Kier molecular flexibility index (Phi) is 6.71. The topological polar surface area (TPSA) is 86.6 Å². The first-order chi connectivity index (χ1) is 9.51. The molecule has 0 heterocycles. The first-order valence-corrected chi connectivity index (χ1v) is 7.34. The number of hydrogen-bond donors (Lipinski definition) is 3. The van der Waals surface area contributed by atoms with Crippen LogP contribution in [0.3, 0.4) is 0 Å². The summed E-state index contributed by atoms with van der Waals surface area (Å²) in [4.78, 5) is 23.2. The van der Waals surface area contributed by atoms with Gasteiger partial charge in [0.1, 0.15) is 0 Å². The highest BCUT2D eigenvalue weighted by molar-refractivity contribution is 5.85. The van der Waals surface area contributed by atoms with Gasteiger partial charge in [0, 0.05) is 6.54 Å². The molecule has 0 aliphatic heterocycles. The predicted octanol–water partition coefficient (Wildman–Crippen LogP) is 1.57. The molecule has 3 unspecified atom stereocenters. The van der Waals surface area contributed by atoms with E-state index in [-0.39, 0.29) is 18.4 Å². The van der Waals surface area contributed by atoms with E-state index in [0.29, 0.717) is 12.8 Å². The Labute approximate surface area is 120 Å². The number of carboxylic acid groups (broad SMARTS) is 1. The minimum Gasteiger partial charge on any atom is -0.481 e. The van der Waals surface area contributed by atoms with E-state index in [2.05, 4.69) is 5.32 Å². The second kappa shape index (κ2) is 8.04. The Morgan fingerprint density at radius 3 is 2.25 bits per heavy atom. The molecule has 20 heavy (non-hydrogen) atoms. The minimum absolute atomic E-state index is 0.164. The zero-order chi connectivity index (χ0) is 15.1. The van der Waals surface area contributed by atoms with Gasteiger partial charge < -0.3 is 15.5 Å². The molecule has 0 saturated heterocycles. The van der Waals surface area contributed by atoms with E-state index in [1.807, 2.05) is 26.0 Å². The standard InChI is InChI=1S/C15H25NO4/c1-3-10(4-2)13(17)9-16-14(18)11-7-5-6-8-12(11)15(19)20/h5-6,10-13,17H,3-4,7-9H2,1-2H3,(H,16,18)(H,19,20). The van der Waals surface area contributed by atoms with Crippen molar-refractivity contribution < 1.29 is 19.8 Å². The summed E-state index contributed by atoms with van der Waals surface area (Å²) in [5.41, 5.74) is 0. The molecule has 5 heteroatoms. The molecule has 0 aromatic rings. The van der Waals surface area contributed by atoms with Crippen LogP contribution in [-0.4, -0.2) is 34.7 Å². The molecule has 0 aromatic heterocycles. The largest absolute Gasteiger partial charge is 0.481 e. The van der Waals surface area contributed by atoms with E-state index < -0.39 is 23.9 Å². The van der Waals surface area contributed by atoms with Crippen LogP contribution in [0.4, 0.5) is 0 Å². The number of aliphatic hydroxyl groups excluding tert-OH is 1. The molecule has 0 spiro atoms. The summed E-state index contributed by atoms with van der Waals surface area (Å²) < 4.78 is 0. The second-order valence-electron chi connectivity index (χ2n) is 5.38. The molecule has 1 aliphatic rings. The Balaban J connectivity index is 2.53. The molecule has 1 aliphatic carbocycles. The summed E-state index contributed by atoms with van der Waals surface area (Å²) in [5.74, 6) is -2.24. The van der Waals surface area contributed by atoms with Crippen LogP contribution >= 0.6 is 0 Å². The van der Waals surface area contributed by atoms with Crippen LogP contribution in [-0.2, 0) is 9.59 Å². The lowest BCUT2D eigenvalue weighted by molar-refractivity contribution is -0.147. The number of carbonyl (C=O) groups excluding carboxylic acids is 1. The van der Waals surface area contributed by atoms with Crippen molar-refractivity contribution in [2.24, 2.45) is 17.8 Å². The van der Waals surface area contributed by atoms with Gasteiger partial charge in [0.15, 0.2) is 0 Å². The van der Waals surface area contributed by atoms with E-state index >= 15 is 0 Å². The van der Waals surface area contributed by atoms with E-state index in [0.717, 1.165) is 12.8 Å². The quantitative estimate of drug-likeness (QED) is 0.619. The van der Waals surface area contributed by atoms with Crippen molar-refractivity contribution >= 4 is 11.9 Å². The zero-order valence-electron chi connectivity index (χ0n) is 12.2. The Bertz CT molecular complexity index is 363. The first kappa shape index (κ1) is 16.7. The molecule has 1 rings (SSSR count). The van der Waals surface area contributed by atoms with Crippen LogP contribution in [0.2, 0.25) is 0 Å². The molecule has 5 nitrogen and oxygen atoms in total. The average molecular weight is 283 g/mol. The van der Waals surface area contributed by atoms with Crippen LogP contribution in [0.25, 0.3) is 0 Å². The smallest absolute Gasteiger partial charge is 0.307 e. The van der Waals surface area contributed by atoms with Crippen LogP contribution < -0.4 is 5.32 Å². The molecule has 0 saturated carbocycles. The highest BCUT2D eigenvalue weighted by Crippen LogP contribution is 2.26. The van der Waals surface area contributed by atoms with Crippen molar-refractivity contribution in [3.05, 3.63) is 12.2 Å². The molecular formula is C15H25NO4. The maximum Gasteiger partial charge on any atom is 0.307 e. The van der Waals surface area contributed by atoms with Crippen LogP contribution in [0.1, 0.15) is 39.5 Å². The first-order valence-electron chi connectivity index (χ1n) is 7.34. The zero-order valence-corrected chi connectivity index (χ0v) is 12.2. The van der Waals surface area contributed by atoms with Gasteiger partial charge in [0.2, 0.25) is 5.91 Å². The molecule has 0 aromatic carbocycles. The molecule has 0 radical (unpaired) electrons. The van der Waals surface area contributed by atoms with Crippen molar-refractivity contribution in [3.63, 3.8) is 0 Å². The monoisotopic (exact) mass is 283 g/mol. The molecule has 3 atom stereocenters. The van der Waals surface area contributed by atoms with Gasteiger partial charge in [0.25, 0.3) is 0 Å². The summed E-state index contributed by atoms with van der Waals surface area (Å²) in [5, 5.41) is 21.8. The van der Waals surface area contributed by atoms with Gasteiger partial charge in [-0.25, -0.2) is 0 Å². The van der Waals surface area contributed by atoms with Gasteiger partial charge in [0.05, 0.1) is 17.9 Å². The highest BCUT2D eigenvalue weighted by Gasteiger charge is 2.34. The fourth-order valence-electron chi connectivity index (χ4n) is 2.71. The highest BCUT2D eigenvalue weighted by atomic mass is 16.4. The van der Waals surface area contributed by atoms with Crippen molar-refractivity contribution in [2.45, 2.75) is 45.6 Å². The maximum absolute atomic E-state index is 12.1. The lowest BCUT2D eigenvalue weighted by atomic mass is 9.82. The third-order valence-electron chi connectivity index (χ3n) is 4.16. The van der Waals surface area contributed by atoms with Crippen molar-refractivity contribution in [1.82, 2.24) is 5.32 Å². The Morgan fingerprint density at radius 2 is 1.75 bits per heavy atom. The summed E-state index contributed by atoms with van der Waals surface area (Å²) in [6, 6.07) is 0. The van der Waals surface area contributed by atoms with Crippen molar-refractivity contribution in [1.29, 1.82) is 0 Å². The van der Waals surface area contributed by atoms with Gasteiger partial charge in [-0.1, -0.05) is 38.8 Å². The fourth-order valence-corrected chi connectivity index (χ4v) is 2.71. The van der Waals surface area contributed by atoms with E-state index in [4.69, 9.17) is 5.11 Å². The number of nitrogens with one attached hydrogen (secondary N) is 1. The number of rotatable bonds is 7. The van der Waals surface area contributed by atoms with Crippen LogP contribution in [0.15, 0.2) is 12.2 Å². The van der Waals surface area contributed by atoms with Gasteiger partial charge in [-0.3, -0.25) is 9.59 Å². The van der Waals surface area contributed by atoms with Crippen molar-refractivity contribution in [3.8, 4) is 0 Å². The van der Waals surface area contributed by atoms with Crippen molar-refractivity contribution in [2.75, 3.05) is 6.54 Å². The maximum atomic E-state index is 12.1. The van der Waals surface area contributed by atoms with E-state index in [1.54, 1.807) is 0 Å². The number of aliphatic hydroxyl groups is 1. The Hall–Kier alpha value is -1.36. The number of carbonyl (C=O) groups is 2. The number of carboxylic acids is 1. The number of hydrogen-bond acceptors (Lipinski definition) is 3. The van der Waals surface area contributed by atoms with E-state index in [1.165, 1.54) is 0 Å². The molecular weight excluding hydrogens is 258 g/mol. The number of allylic oxidation sites excluding steroid dienone is 2. The third kappa shape index (κ3) is 4.34. The normalized spacial score (nSPS) is 23.6. The average Bonchev–Trinajstić information content (AvgIpc) is 2.46. The molecule has 1 amide bonds. The number of aliphatic carboxylic acids is 1. The molecule has 0 bridgehead atoms. The summed E-state index contributed by atoms with van der Waals surface area (Å²) in [7, 11) is 0. The third-order valence-corrected chi connectivity index (χ3v) is 4.16. The van der Waals surface area contributed by atoms with Crippen LogP contribution in [0, 0.1) is 17.8 Å². The van der Waals surface area contributed by atoms with Gasteiger partial charge in [-0.05, 0) is 18.8 Å². The molecule has 3 N–H and O–H groups in total. The second-order valence-corrected chi connectivity index (χ2v) is 5.38. The van der Waals surface area contributed by atoms with Gasteiger partial charge in [-0.2, -0.15) is 0 Å². The predicted molar refractivity (Wildman–Crippen MR) is 76.1 cm³/mol. The van der Waals surface area contributed by atoms with Gasteiger partial charge in [-0.15, -0.1) is 0 Å².